The molecule has 4 rings (SSSR count). The molecule has 0 bridgehead atoms. The predicted octanol–water partition coefficient (Wildman–Crippen LogP) is 4.86. The first-order chi connectivity index (χ1) is 19.6. The van der Waals surface area contributed by atoms with Crippen LogP contribution in [0.2, 0.25) is 5.02 Å². The van der Waals surface area contributed by atoms with Crippen LogP contribution in [0.15, 0.2) is 47.4 Å². The molecule has 3 aromatic heterocycles. The molecule has 0 fully saturated rings. The van der Waals surface area contributed by atoms with E-state index in [0.717, 1.165) is 33.1 Å². The zero-order chi connectivity index (χ0) is 30.8. The number of esters is 1. The van der Waals surface area contributed by atoms with Gasteiger partial charge in [-0.25, -0.2) is 19.4 Å². The molecule has 11 nitrogen and oxygen atoms in total. The molecular formula is C24H20ClF6N7O4. The van der Waals surface area contributed by atoms with Gasteiger partial charge < -0.3 is 9.47 Å². The minimum Gasteiger partial charge on any atom is -0.455 e. The standard InChI is InChI=1S/C24H20ClF6N7O4/c1-13(41-14(2)39)19-33-18(34-38(19)21-17(4-3-10-32-21)42-24(29,30)31)12-37-22(40)36(11-9-23(26,27)28)20(35-37)15-5-7-16(25)8-6-15/h3-8,10,13H,9,11-12H2,1-2H3. The lowest BCUT2D eigenvalue weighted by molar-refractivity contribution is -0.274. The van der Waals surface area contributed by atoms with Gasteiger partial charge in [0.1, 0.15) is 6.54 Å². The molecule has 0 radical (unpaired) electrons. The number of aromatic nitrogens is 7. The van der Waals surface area contributed by atoms with Crippen LogP contribution in [0.4, 0.5) is 26.3 Å². The molecule has 1 atom stereocenters. The van der Waals surface area contributed by atoms with Gasteiger partial charge in [0, 0.05) is 30.3 Å². The highest BCUT2D eigenvalue weighted by molar-refractivity contribution is 6.30. The van der Waals surface area contributed by atoms with Crippen molar-refractivity contribution in [1.29, 1.82) is 0 Å². The van der Waals surface area contributed by atoms with Crippen LogP contribution in [-0.2, 0) is 22.6 Å². The van der Waals surface area contributed by atoms with E-state index in [9.17, 15) is 35.9 Å². The van der Waals surface area contributed by atoms with Crippen molar-refractivity contribution in [1.82, 2.24) is 34.1 Å². The molecule has 0 amide bonds. The van der Waals surface area contributed by atoms with E-state index in [1.54, 1.807) is 0 Å². The fourth-order valence-electron chi connectivity index (χ4n) is 3.83. The first-order valence-corrected chi connectivity index (χ1v) is 12.3. The second-order valence-electron chi connectivity index (χ2n) is 8.71. The number of hydrogen-bond donors (Lipinski definition) is 0. The van der Waals surface area contributed by atoms with E-state index in [1.165, 1.54) is 37.3 Å². The summed E-state index contributed by atoms with van der Waals surface area (Å²) in [7, 11) is 0. The Hall–Kier alpha value is -4.41. The largest absolute Gasteiger partial charge is 0.573 e. The zero-order valence-electron chi connectivity index (χ0n) is 21.6. The minimum atomic E-state index is -5.09. The van der Waals surface area contributed by atoms with Crippen LogP contribution in [0, 0.1) is 0 Å². The van der Waals surface area contributed by atoms with Crippen molar-refractivity contribution < 1.29 is 40.6 Å². The van der Waals surface area contributed by atoms with Crippen molar-refractivity contribution in [2.45, 2.75) is 52.0 Å². The summed E-state index contributed by atoms with van der Waals surface area (Å²) in [6, 6.07) is 8.02. The second-order valence-corrected chi connectivity index (χ2v) is 9.15. The molecule has 42 heavy (non-hydrogen) atoms. The number of halogens is 7. The van der Waals surface area contributed by atoms with Gasteiger partial charge in [0.05, 0.1) is 6.42 Å². The van der Waals surface area contributed by atoms with Crippen molar-refractivity contribution >= 4 is 17.6 Å². The highest BCUT2D eigenvalue weighted by atomic mass is 35.5. The fraction of sp³-hybridized carbons (Fsp3) is 0.333. The van der Waals surface area contributed by atoms with Gasteiger partial charge in [-0.2, -0.15) is 17.9 Å². The van der Waals surface area contributed by atoms with Crippen LogP contribution < -0.4 is 10.4 Å². The summed E-state index contributed by atoms with van der Waals surface area (Å²) in [5.41, 5.74) is -0.642. The number of ether oxygens (including phenoxy) is 2. The molecule has 0 aliphatic heterocycles. The van der Waals surface area contributed by atoms with Crippen LogP contribution in [0.3, 0.4) is 0 Å². The van der Waals surface area contributed by atoms with Gasteiger partial charge in [-0.3, -0.25) is 9.36 Å². The van der Waals surface area contributed by atoms with E-state index in [-0.39, 0.29) is 17.5 Å². The summed E-state index contributed by atoms with van der Waals surface area (Å²) in [5, 5.41) is 8.65. The molecule has 3 heterocycles. The number of alkyl halides is 6. The van der Waals surface area contributed by atoms with E-state index < -0.39 is 61.4 Å². The maximum absolute atomic E-state index is 13.2. The number of benzene rings is 1. The molecule has 1 unspecified atom stereocenters. The maximum atomic E-state index is 13.2. The Morgan fingerprint density at radius 3 is 2.38 bits per heavy atom. The molecule has 224 valence electrons. The maximum Gasteiger partial charge on any atom is 0.573 e. The van der Waals surface area contributed by atoms with Gasteiger partial charge >= 0.3 is 24.2 Å². The van der Waals surface area contributed by atoms with Crippen LogP contribution >= 0.6 is 11.6 Å². The first-order valence-electron chi connectivity index (χ1n) is 12.0. The van der Waals surface area contributed by atoms with E-state index in [4.69, 9.17) is 16.3 Å². The fourth-order valence-corrected chi connectivity index (χ4v) is 3.96. The average molecular weight is 620 g/mol. The highest BCUT2D eigenvalue weighted by Crippen LogP contribution is 2.30. The Bertz CT molecular complexity index is 1630. The van der Waals surface area contributed by atoms with E-state index >= 15 is 0 Å². The molecule has 0 aliphatic rings. The number of carbonyl (C=O) groups is 1. The van der Waals surface area contributed by atoms with Crippen LogP contribution in [0.25, 0.3) is 17.2 Å². The van der Waals surface area contributed by atoms with Gasteiger partial charge in [0.15, 0.2) is 35.1 Å². The second kappa shape index (κ2) is 11.8. The van der Waals surface area contributed by atoms with E-state index in [2.05, 4.69) is 24.9 Å². The Labute approximate surface area is 237 Å². The number of hydrogen-bond acceptors (Lipinski definition) is 8. The molecule has 1 aromatic carbocycles. The third-order valence-corrected chi connectivity index (χ3v) is 5.75. The SMILES string of the molecule is CC(=O)OC(C)c1nc(Cn2nc(-c3ccc(Cl)cc3)n(CCC(F)(F)F)c2=O)nn1-c1ncccc1OC(F)(F)F. The number of pyridine rings is 1. The van der Waals surface area contributed by atoms with Crippen molar-refractivity contribution in [2.24, 2.45) is 0 Å². The van der Waals surface area contributed by atoms with Gasteiger partial charge in [0.2, 0.25) is 0 Å². The molecule has 4 aromatic rings. The Morgan fingerprint density at radius 1 is 1.07 bits per heavy atom. The normalized spacial score (nSPS) is 12.8. The third-order valence-electron chi connectivity index (χ3n) is 5.49. The van der Waals surface area contributed by atoms with E-state index in [0.29, 0.717) is 10.6 Å². The van der Waals surface area contributed by atoms with Crippen molar-refractivity contribution in [3.8, 4) is 23.0 Å². The highest BCUT2D eigenvalue weighted by Gasteiger charge is 2.34. The molecule has 0 spiro atoms. The number of rotatable bonds is 9. The Balaban J connectivity index is 1.80. The predicted molar refractivity (Wildman–Crippen MR) is 133 cm³/mol. The molecule has 0 saturated carbocycles. The molecular weight excluding hydrogens is 600 g/mol. The van der Waals surface area contributed by atoms with Gasteiger partial charge in [-0.05, 0) is 43.3 Å². The zero-order valence-corrected chi connectivity index (χ0v) is 22.4. The molecule has 18 heteroatoms. The van der Waals surface area contributed by atoms with Crippen LogP contribution in [0.1, 0.15) is 38.0 Å². The van der Waals surface area contributed by atoms with Gasteiger partial charge in [-0.1, -0.05) is 11.6 Å². The Kier molecular flexibility index (Phi) is 8.60. The van der Waals surface area contributed by atoms with Crippen LogP contribution in [0.5, 0.6) is 5.75 Å². The number of carbonyl (C=O) groups excluding carboxylic acids is 1. The lowest BCUT2D eigenvalue weighted by atomic mass is 10.2. The summed E-state index contributed by atoms with van der Waals surface area (Å²) in [6.07, 6.45) is -11.0. The number of nitrogens with zero attached hydrogens (tertiary/aromatic N) is 7. The lowest BCUT2D eigenvalue weighted by Crippen LogP contribution is -2.27. The van der Waals surface area contributed by atoms with Crippen molar-refractivity contribution in [3.05, 3.63) is 69.8 Å². The Morgan fingerprint density at radius 2 is 1.76 bits per heavy atom. The quantitative estimate of drug-likeness (QED) is 0.192. The monoisotopic (exact) mass is 619 g/mol. The molecule has 0 saturated heterocycles. The van der Waals surface area contributed by atoms with Gasteiger partial charge in [0.25, 0.3) is 0 Å². The minimum absolute atomic E-state index is 0.0977. The average Bonchev–Trinajstić information content (AvgIpc) is 3.43. The smallest absolute Gasteiger partial charge is 0.455 e. The van der Waals surface area contributed by atoms with Crippen molar-refractivity contribution in [3.63, 3.8) is 0 Å². The van der Waals surface area contributed by atoms with Crippen molar-refractivity contribution in [2.75, 3.05) is 0 Å². The summed E-state index contributed by atoms with van der Waals surface area (Å²) < 4.78 is 89.9. The van der Waals surface area contributed by atoms with E-state index in [1.807, 2.05) is 0 Å². The molecule has 0 N–H and O–H groups in total. The summed E-state index contributed by atoms with van der Waals surface area (Å²) in [6.45, 7) is 1.20. The topological polar surface area (TPSA) is 119 Å². The summed E-state index contributed by atoms with van der Waals surface area (Å²) in [5.74, 6) is -2.45. The van der Waals surface area contributed by atoms with Gasteiger partial charge in [-0.15, -0.1) is 23.4 Å². The lowest BCUT2D eigenvalue weighted by Gasteiger charge is -2.15. The van der Waals surface area contributed by atoms with Crippen LogP contribution in [-0.4, -0.2) is 52.6 Å². The molecule has 0 aliphatic carbocycles. The first kappa shape index (κ1) is 30.5. The summed E-state index contributed by atoms with van der Waals surface area (Å²) >= 11 is 5.91. The third kappa shape index (κ3) is 7.45. The summed E-state index contributed by atoms with van der Waals surface area (Å²) in [4.78, 5) is 32.9.